The largest absolute Gasteiger partial charge is 0.459 e. The molecular formula is C19H15N3O2. The SMILES string of the molecule is O=C(Nc1ccnn1Cc1cccc2ccccc12)c1ccco1. The first-order valence-electron chi connectivity index (χ1n) is 7.64. The summed E-state index contributed by atoms with van der Waals surface area (Å²) in [6, 6.07) is 19.5. The topological polar surface area (TPSA) is 60.1 Å². The van der Waals surface area contributed by atoms with Gasteiger partial charge in [0.05, 0.1) is 19.0 Å². The summed E-state index contributed by atoms with van der Waals surface area (Å²) in [5.41, 5.74) is 1.14. The maximum absolute atomic E-state index is 12.1. The van der Waals surface area contributed by atoms with Crippen molar-refractivity contribution in [1.82, 2.24) is 9.78 Å². The Bertz CT molecular complexity index is 981. The quantitative estimate of drug-likeness (QED) is 0.620. The van der Waals surface area contributed by atoms with Crippen LogP contribution < -0.4 is 5.32 Å². The van der Waals surface area contributed by atoms with E-state index in [-0.39, 0.29) is 11.7 Å². The molecule has 0 atom stereocenters. The number of anilines is 1. The highest BCUT2D eigenvalue weighted by Crippen LogP contribution is 2.20. The standard InChI is InChI=1S/C19H15N3O2/c23-19(17-9-4-12-24-17)21-18-10-11-20-22(18)13-15-7-3-6-14-5-1-2-8-16(14)15/h1-12H,13H2,(H,21,23). The van der Waals surface area contributed by atoms with Crippen molar-refractivity contribution in [2.75, 3.05) is 5.32 Å². The van der Waals surface area contributed by atoms with Crippen molar-refractivity contribution in [3.8, 4) is 0 Å². The fourth-order valence-electron chi connectivity index (χ4n) is 2.74. The van der Waals surface area contributed by atoms with Crippen LogP contribution in [0.25, 0.3) is 10.8 Å². The molecule has 0 saturated carbocycles. The van der Waals surface area contributed by atoms with Gasteiger partial charge < -0.3 is 9.73 Å². The average Bonchev–Trinajstić information content (AvgIpc) is 3.28. The van der Waals surface area contributed by atoms with Crippen molar-refractivity contribution in [2.24, 2.45) is 0 Å². The first-order chi connectivity index (χ1) is 11.8. The first-order valence-corrected chi connectivity index (χ1v) is 7.64. The summed E-state index contributed by atoms with van der Waals surface area (Å²) in [5.74, 6) is 0.608. The summed E-state index contributed by atoms with van der Waals surface area (Å²) in [5, 5.41) is 9.52. The molecule has 2 aromatic carbocycles. The lowest BCUT2D eigenvalue weighted by atomic mass is 10.0. The molecule has 0 saturated heterocycles. The van der Waals surface area contributed by atoms with Crippen molar-refractivity contribution in [2.45, 2.75) is 6.54 Å². The van der Waals surface area contributed by atoms with E-state index in [4.69, 9.17) is 4.42 Å². The van der Waals surface area contributed by atoms with E-state index in [1.165, 1.54) is 17.0 Å². The van der Waals surface area contributed by atoms with Gasteiger partial charge in [-0.15, -0.1) is 0 Å². The van der Waals surface area contributed by atoms with Crippen molar-refractivity contribution < 1.29 is 9.21 Å². The Labute approximate surface area is 138 Å². The van der Waals surface area contributed by atoms with Gasteiger partial charge in [0.25, 0.3) is 5.91 Å². The number of carbonyl (C=O) groups is 1. The highest BCUT2D eigenvalue weighted by Gasteiger charge is 2.12. The average molecular weight is 317 g/mol. The molecular weight excluding hydrogens is 302 g/mol. The van der Waals surface area contributed by atoms with Gasteiger partial charge in [0, 0.05) is 6.07 Å². The van der Waals surface area contributed by atoms with Crippen LogP contribution in [0.4, 0.5) is 5.82 Å². The third kappa shape index (κ3) is 2.67. The molecule has 5 nitrogen and oxygen atoms in total. The van der Waals surface area contributed by atoms with Gasteiger partial charge in [-0.05, 0) is 28.5 Å². The molecule has 118 valence electrons. The first kappa shape index (κ1) is 14.3. The highest BCUT2D eigenvalue weighted by molar-refractivity contribution is 6.01. The van der Waals surface area contributed by atoms with Gasteiger partial charge >= 0.3 is 0 Å². The van der Waals surface area contributed by atoms with E-state index < -0.39 is 0 Å². The van der Waals surface area contributed by atoms with Crippen LogP contribution in [0.1, 0.15) is 16.1 Å². The van der Waals surface area contributed by atoms with Crippen LogP contribution in [0, 0.1) is 0 Å². The number of nitrogens with one attached hydrogen (secondary N) is 1. The van der Waals surface area contributed by atoms with E-state index in [9.17, 15) is 4.79 Å². The van der Waals surface area contributed by atoms with Gasteiger partial charge in [0.15, 0.2) is 5.76 Å². The van der Waals surface area contributed by atoms with Gasteiger partial charge in [-0.2, -0.15) is 5.10 Å². The third-order valence-electron chi connectivity index (χ3n) is 3.90. The van der Waals surface area contributed by atoms with Crippen molar-refractivity contribution in [3.63, 3.8) is 0 Å². The fourth-order valence-corrected chi connectivity index (χ4v) is 2.74. The number of hydrogen-bond acceptors (Lipinski definition) is 3. The van der Waals surface area contributed by atoms with E-state index in [0.717, 1.165) is 5.56 Å². The highest BCUT2D eigenvalue weighted by atomic mass is 16.3. The van der Waals surface area contributed by atoms with Crippen LogP contribution in [-0.2, 0) is 6.54 Å². The maximum atomic E-state index is 12.1. The summed E-state index contributed by atoms with van der Waals surface area (Å²) in [7, 11) is 0. The predicted octanol–water partition coefficient (Wildman–Crippen LogP) is 3.93. The molecule has 4 aromatic rings. The fraction of sp³-hybridized carbons (Fsp3) is 0.0526. The number of furan rings is 1. The molecule has 4 rings (SSSR count). The van der Waals surface area contributed by atoms with E-state index >= 15 is 0 Å². The summed E-state index contributed by atoms with van der Waals surface area (Å²) >= 11 is 0. The number of aromatic nitrogens is 2. The molecule has 0 unspecified atom stereocenters. The van der Waals surface area contributed by atoms with Crippen LogP contribution in [0.2, 0.25) is 0 Å². The van der Waals surface area contributed by atoms with Gasteiger partial charge in [0.2, 0.25) is 0 Å². The molecule has 0 aliphatic rings. The molecule has 24 heavy (non-hydrogen) atoms. The zero-order valence-electron chi connectivity index (χ0n) is 12.8. The van der Waals surface area contributed by atoms with Gasteiger partial charge in [0.1, 0.15) is 5.82 Å². The monoisotopic (exact) mass is 317 g/mol. The Kier molecular flexibility index (Phi) is 3.59. The molecule has 0 radical (unpaired) electrons. The lowest BCUT2D eigenvalue weighted by Gasteiger charge is -2.10. The number of carbonyl (C=O) groups excluding carboxylic acids is 1. The molecule has 1 amide bonds. The second-order valence-electron chi connectivity index (χ2n) is 5.44. The van der Waals surface area contributed by atoms with E-state index in [1.807, 2.05) is 18.2 Å². The summed E-state index contributed by atoms with van der Waals surface area (Å²) in [4.78, 5) is 12.1. The zero-order valence-corrected chi connectivity index (χ0v) is 12.8. The second-order valence-corrected chi connectivity index (χ2v) is 5.44. The van der Waals surface area contributed by atoms with Crippen molar-refractivity contribution in [3.05, 3.63) is 84.4 Å². The molecule has 0 aliphatic heterocycles. The summed E-state index contributed by atoms with van der Waals surface area (Å²) < 4.78 is 6.88. The molecule has 2 aromatic heterocycles. The number of amides is 1. The summed E-state index contributed by atoms with van der Waals surface area (Å²) in [6.45, 7) is 0.572. The van der Waals surface area contributed by atoms with Crippen LogP contribution in [0.15, 0.2) is 77.5 Å². The Balaban J connectivity index is 1.62. The van der Waals surface area contributed by atoms with Gasteiger partial charge in [-0.25, -0.2) is 4.68 Å². The lowest BCUT2D eigenvalue weighted by Crippen LogP contribution is -2.15. The van der Waals surface area contributed by atoms with Crippen molar-refractivity contribution >= 4 is 22.5 Å². The van der Waals surface area contributed by atoms with Crippen molar-refractivity contribution in [1.29, 1.82) is 0 Å². The summed E-state index contributed by atoms with van der Waals surface area (Å²) in [6.07, 6.45) is 3.14. The van der Waals surface area contributed by atoms with E-state index in [1.54, 1.807) is 29.1 Å². The molecule has 1 N–H and O–H groups in total. The molecule has 0 aliphatic carbocycles. The van der Waals surface area contributed by atoms with Crippen LogP contribution in [0.3, 0.4) is 0 Å². The van der Waals surface area contributed by atoms with Gasteiger partial charge in [-0.3, -0.25) is 4.79 Å². The Morgan fingerprint density at radius 3 is 2.79 bits per heavy atom. The molecule has 0 spiro atoms. The van der Waals surface area contributed by atoms with E-state index in [0.29, 0.717) is 12.4 Å². The second kappa shape index (κ2) is 6.04. The zero-order chi connectivity index (χ0) is 16.4. The predicted molar refractivity (Wildman–Crippen MR) is 91.9 cm³/mol. The minimum Gasteiger partial charge on any atom is -0.459 e. The smallest absolute Gasteiger partial charge is 0.292 e. The van der Waals surface area contributed by atoms with E-state index in [2.05, 4.69) is 34.7 Å². The van der Waals surface area contributed by atoms with Crippen LogP contribution >= 0.6 is 0 Å². The number of benzene rings is 2. The maximum Gasteiger partial charge on any atom is 0.292 e. The van der Waals surface area contributed by atoms with Crippen LogP contribution in [0.5, 0.6) is 0 Å². The molecule has 0 fully saturated rings. The Morgan fingerprint density at radius 1 is 1.04 bits per heavy atom. The molecule has 2 heterocycles. The lowest BCUT2D eigenvalue weighted by molar-refractivity contribution is 0.0995. The Hall–Kier alpha value is -3.34. The molecule has 5 heteroatoms. The normalized spacial score (nSPS) is 10.8. The number of nitrogens with zero attached hydrogens (tertiary/aromatic N) is 2. The number of hydrogen-bond donors (Lipinski definition) is 1. The minimum atomic E-state index is -0.292. The van der Waals surface area contributed by atoms with Gasteiger partial charge in [-0.1, -0.05) is 42.5 Å². The minimum absolute atomic E-state index is 0.271. The number of rotatable bonds is 4. The number of fused-ring (bicyclic) bond motifs is 1. The van der Waals surface area contributed by atoms with Crippen LogP contribution in [-0.4, -0.2) is 15.7 Å². The third-order valence-corrected chi connectivity index (χ3v) is 3.90. The Morgan fingerprint density at radius 2 is 1.92 bits per heavy atom. The molecule has 0 bridgehead atoms.